The smallest absolute Gasteiger partial charge is 0.322 e. The summed E-state index contributed by atoms with van der Waals surface area (Å²) in [7, 11) is 0. The molecule has 0 aliphatic carbocycles. The Hall–Kier alpha value is -1.89. The molecule has 0 radical (unpaired) electrons. The van der Waals surface area contributed by atoms with Gasteiger partial charge in [0.25, 0.3) is 0 Å². The van der Waals surface area contributed by atoms with E-state index < -0.39 is 12.0 Å². The molecule has 1 aromatic rings. The summed E-state index contributed by atoms with van der Waals surface area (Å²) in [6.07, 6.45) is 3.12. The minimum Gasteiger partial charge on any atom is -0.480 e. The van der Waals surface area contributed by atoms with E-state index in [0.29, 0.717) is 5.69 Å². The minimum atomic E-state index is -1.14. The summed E-state index contributed by atoms with van der Waals surface area (Å²) in [5.74, 6) is -1.44. The van der Waals surface area contributed by atoms with Crippen molar-refractivity contribution >= 4 is 11.9 Å². The number of rotatable bonds is 5. The maximum absolute atomic E-state index is 11.2. The fraction of sp³-hybridized carbons (Fsp3) is 0.375. The van der Waals surface area contributed by atoms with Crippen LogP contribution >= 0.6 is 0 Å². The number of H-pyrrole nitrogens is 1. The Bertz CT molecular complexity index is 336. The number of carbonyl (C=O) groups is 2. The van der Waals surface area contributed by atoms with Crippen molar-refractivity contribution < 1.29 is 14.7 Å². The zero-order valence-corrected chi connectivity index (χ0v) is 7.93. The van der Waals surface area contributed by atoms with Crippen molar-refractivity contribution in [2.75, 3.05) is 6.54 Å². The summed E-state index contributed by atoms with van der Waals surface area (Å²) in [5.41, 5.74) is 5.87. The van der Waals surface area contributed by atoms with Crippen LogP contribution in [0.15, 0.2) is 12.5 Å². The standard InChI is InChI=1S/C8H12N4O3/c9-6(8(14)15)3-11-7(13)1-5-2-10-4-12-5/h2,4,6H,1,3,9H2,(H,10,12)(H,11,13)(H,14,15). The Balaban J connectivity index is 2.28. The molecule has 0 aliphatic rings. The lowest BCUT2D eigenvalue weighted by atomic mass is 10.3. The first-order valence-corrected chi connectivity index (χ1v) is 4.32. The third kappa shape index (κ3) is 3.77. The van der Waals surface area contributed by atoms with E-state index in [0.717, 1.165) is 0 Å². The molecule has 15 heavy (non-hydrogen) atoms. The first kappa shape index (κ1) is 11.2. The van der Waals surface area contributed by atoms with Crippen LogP contribution in [0.25, 0.3) is 0 Å². The Kier molecular flexibility index (Phi) is 3.81. The first-order chi connectivity index (χ1) is 7.09. The molecule has 1 amide bonds. The summed E-state index contributed by atoms with van der Waals surface area (Å²) in [5, 5.41) is 10.9. The van der Waals surface area contributed by atoms with E-state index in [2.05, 4.69) is 15.3 Å². The molecule has 7 heteroatoms. The number of aromatic nitrogens is 2. The predicted molar refractivity (Wildman–Crippen MR) is 50.9 cm³/mol. The van der Waals surface area contributed by atoms with Crippen molar-refractivity contribution in [3.05, 3.63) is 18.2 Å². The molecular formula is C8H12N4O3. The molecule has 1 aromatic heterocycles. The van der Waals surface area contributed by atoms with Gasteiger partial charge in [-0.25, -0.2) is 4.98 Å². The number of carboxylic acid groups (broad SMARTS) is 1. The highest BCUT2D eigenvalue weighted by molar-refractivity contribution is 5.79. The monoisotopic (exact) mass is 212 g/mol. The fourth-order valence-electron chi connectivity index (χ4n) is 0.928. The molecular weight excluding hydrogens is 200 g/mol. The van der Waals surface area contributed by atoms with Crippen LogP contribution in [0.5, 0.6) is 0 Å². The van der Waals surface area contributed by atoms with Crippen LogP contribution in [0, 0.1) is 0 Å². The van der Waals surface area contributed by atoms with Gasteiger partial charge in [-0.05, 0) is 0 Å². The Morgan fingerprint density at radius 2 is 2.40 bits per heavy atom. The largest absolute Gasteiger partial charge is 0.480 e. The molecule has 0 bridgehead atoms. The number of hydrogen-bond acceptors (Lipinski definition) is 4. The van der Waals surface area contributed by atoms with Crippen LogP contribution in [0.1, 0.15) is 5.69 Å². The molecule has 1 unspecified atom stereocenters. The van der Waals surface area contributed by atoms with E-state index in [1.165, 1.54) is 12.5 Å². The minimum absolute atomic E-state index is 0.0810. The van der Waals surface area contributed by atoms with Crippen molar-refractivity contribution in [1.29, 1.82) is 0 Å². The number of hydrogen-bond donors (Lipinski definition) is 4. The molecule has 0 spiro atoms. The van der Waals surface area contributed by atoms with Crippen LogP contribution in [0.4, 0.5) is 0 Å². The number of amides is 1. The van der Waals surface area contributed by atoms with Gasteiger partial charge in [0.2, 0.25) is 5.91 Å². The average molecular weight is 212 g/mol. The zero-order valence-electron chi connectivity index (χ0n) is 7.93. The second kappa shape index (κ2) is 5.11. The Labute approximate surface area is 85.7 Å². The average Bonchev–Trinajstić information content (AvgIpc) is 2.66. The normalized spacial score (nSPS) is 12.1. The molecule has 0 saturated heterocycles. The first-order valence-electron chi connectivity index (χ1n) is 4.32. The van der Waals surface area contributed by atoms with Crippen molar-refractivity contribution in [2.45, 2.75) is 12.5 Å². The van der Waals surface area contributed by atoms with E-state index in [1.54, 1.807) is 0 Å². The third-order valence-corrected chi connectivity index (χ3v) is 1.74. The van der Waals surface area contributed by atoms with E-state index in [1.807, 2.05) is 0 Å². The quantitative estimate of drug-likeness (QED) is 0.472. The van der Waals surface area contributed by atoms with E-state index in [9.17, 15) is 9.59 Å². The maximum atomic E-state index is 11.2. The Morgan fingerprint density at radius 3 is 2.93 bits per heavy atom. The lowest BCUT2D eigenvalue weighted by Crippen LogP contribution is -2.42. The molecule has 1 rings (SSSR count). The lowest BCUT2D eigenvalue weighted by Gasteiger charge is -2.07. The number of nitrogens with zero attached hydrogens (tertiary/aromatic N) is 1. The number of imidazole rings is 1. The third-order valence-electron chi connectivity index (χ3n) is 1.74. The lowest BCUT2D eigenvalue weighted by molar-refractivity contribution is -0.138. The van der Waals surface area contributed by atoms with Gasteiger partial charge in [-0.1, -0.05) is 0 Å². The number of carboxylic acids is 1. The summed E-state index contributed by atoms with van der Waals surface area (Å²) in [6.45, 7) is -0.0810. The number of carbonyl (C=O) groups excluding carboxylic acids is 1. The molecule has 5 N–H and O–H groups in total. The van der Waals surface area contributed by atoms with Crippen molar-refractivity contribution in [2.24, 2.45) is 5.73 Å². The van der Waals surface area contributed by atoms with Crippen molar-refractivity contribution in [1.82, 2.24) is 15.3 Å². The molecule has 1 heterocycles. The molecule has 0 saturated carbocycles. The highest BCUT2D eigenvalue weighted by Crippen LogP contribution is 1.91. The van der Waals surface area contributed by atoms with Crippen LogP contribution in [-0.4, -0.2) is 39.5 Å². The van der Waals surface area contributed by atoms with E-state index in [4.69, 9.17) is 10.8 Å². The fourth-order valence-corrected chi connectivity index (χ4v) is 0.928. The summed E-state index contributed by atoms with van der Waals surface area (Å²) in [6, 6.07) is -1.07. The van der Waals surface area contributed by atoms with Gasteiger partial charge in [0, 0.05) is 18.4 Å². The van der Waals surface area contributed by atoms with Gasteiger partial charge in [0.1, 0.15) is 6.04 Å². The van der Waals surface area contributed by atoms with Gasteiger partial charge < -0.3 is 21.1 Å². The van der Waals surface area contributed by atoms with Crippen molar-refractivity contribution in [3.63, 3.8) is 0 Å². The van der Waals surface area contributed by atoms with Crippen LogP contribution in [0.3, 0.4) is 0 Å². The Morgan fingerprint density at radius 1 is 1.67 bits per heavy atom. The van der Waals surface area contributed by atoms with Gasteiger partial charge >= 0.3 is 5.97 Å². The number of aliphatic carboxylic acids is 1. The molecule has 0 aromatic carbocycles. The van der Waals surface area contributed by atoms with Gasteiger partial charge in [0.15, 0.2) is 0 Å². The number of nitrogens with one attached hydrogen (secondary N) is 2. The topological polar surface area (TPSA) is 121 Å². The van der Waals surface area contributed by atoms with Gasteiger partial charge in [0.05, 0.1) is 12.7 Å². The van der Waals surface area contributed by atoms with Crippen LogP contribution in [-0.2, 0) is 16.0 Å². The van der Waals surface area contributed by atoms with Gasteiger partial charge in [-0.2, -0.15) is 0 Å². The molecule has 1 atom stereocenters. The predicted octanol–water partition coefficient (Wildman–Crippen LogP) is -1.52. The van der Waals surface area contributed by atoms with Gasteiger partial charge in [-0.3, -0.25) is 9.59 Å². The van der Waals surface area contributed by atoms with Gasteiger partial charge in [-0.15, -0.1) is 0 Å². The summed E-state index contributed by atoms with van der Waals surface area (Å²) < 4.78 is 0. The SMILES string of the molecule is NC(CNC(=O)Cc1cnc[nH]1)C(=O)O. The van der Waals surface area contributed by atoms with E-state index >= 15 is 0 Å². The summed E-state index contributed by atoms with van der Waals surface area (Å²) in [4.78, 5) is 28.1. The maximum Gasteiger partial charge on any atom is 0.322 e. The molecule has 0 fully saturated rings. The number of nitrogens with two attached hydrogens (primary N) is 1. The molecule has 82 valence electrons. The van der Waals surface area contributed by atoms with Crippen LogP contribution < -0.4 is 11.1 Å². The van der Waals surface area contributed by atoms with E-state index in [-0.39, 0.29) is 18.9 Å². The highest BCUT2D eigenvalue weighted by Gasteiger charge is 2.12. The molecule has 0 aliphatic heterocycles. The molecule has 7 nitrogen and oxygen atoms in total. The van der Waals surface area contributed by atoms with Crippen molar-refractivity contribution in [3.8, 4) is 0 Å². The second-order valence-electron chi connectivity index (χ2n) is 3.00. The number of aromatic amines is 1. The highest BCUT2D eigenvalue weighted by atomic mass is 16.4. The zero-order chi connectivity index (χ0) is 11.3. The summed E-state index contributed by atoms with van der Waals surface area (Å²) >= 11 is 0. The van der Waals surface area contributed by atoms with Crippen LogP contribution in [0.2, 0.25) is 0 Å². The second-order valence-corrected chi connectivity index (χ2v) is 3.00.